The molecule has 0 aliphatic rings. The summed E-state index contributed by atoms with van der Waals surface area (Å²) in [6, 6.07) is 12.9. The fraction of sp³-hybridized carbons (Fsp3) is 0.111. The van der Waals surface area contributed by atoms with E-state index in [-0.39, 0.29) is 5.91 Å². The Kier molecular flexibility index (Phi) is 4.77. The van der Waals surface area contributed by atoms with E-state index in [2.05, 4.69) is 15.6 Å². The van der Waals surface area contributed by atoms with Crippen LogP contribution in [-0.4, -0.2) is 18.0 Å². The quantitative estimate of drug-likeness (QED) is 0.720. The Balaban J connectivity index is 1.79. The first kappa shape index (κ1) is 16.0. The number of hydrogen-bond donors (Lipinski definition) is 2. The number of nitrogens with zero attached hydrogens (tertiary/aromatic N) is 1. The molecule has 1 aromatic heterocycles. The topological polar surface area (TPSA) is 63.2 Å². The number of carbonyl (C=O) groups is 1. The minimum Gasteiger partial charge on any atom is -0.495 e. The predicted molar refractivity (Wildman–Crippen MR) is 97.5 cm³/mol. The van der Waals surface area contributed by atoms with Crippen molar-refractivity contribution in [1.29, 1.82) is 0 Å². The van der Waals surface area contributed by atoms with E-state index < -0.39 is 0 Å². The second-order valence-corrected chi connectivity index (χ2v) is 6.10. The van der Waals surface area contributed by atoms with Crippen LogP contribution in [0.15, 0.2) is 54.0 Å². The van der Waals surface area contributed by atoms with Gasteiger partial charge in [-0.05, 0) is 42.8 Å². The summed E-state index contributed by atoms with van der Waals surface area (Å²) >= 11 is 1.50. The van der Waals surface area contributed by atoms with Crippen molar-refractivity contribution in [2.45, 2.75) is 6.92 Å². The highest BCUT2D eigenvalue weighted by Crippen LogP contribution is 2.26. The summed E-state index contributed by atoms with van der Waals surface area (Å²) in [5.41, 5.74) is 3.07. The van der Waals surface area contributed by atoms with Crippen LogP contribution in [0.4, 0.5) is 16.5 Å². The third kappa shape index (κ3) is 3.72. The van der Waals surface area contributed by atoms with Gasteiger partial charge in [-0.3, -0.25) is 4.79 Å². The predicted octanol–water partition coefficient (Wildman–Crippen LogP) is 4.46. The first-order valence-corrected chi connectivity index (χ1v) is 8.26. The van der Waals surface area contributed by atoms with Gasteiger partial charge in [0.25, 0.3) is 5.91 Å². The fourth-order valence-electron chi connectivity index (χ4n) is 2.26. The molecule has 0 bridgehead atoms. The average molecular weight is 339 g/mol. The van der Waals surface area contributed by atoms with Crippen LogP contribution in [-0.2, 0) is 0 Å². The zero-order valence-corrected chi connectivity index (χ0v) is 14.2. The van der Waals surface area contributed by atoms with Gasteiger partial charge >= 0.3 is 0 Å². The van der Waals surface area contributed by atoms with Crippen molar-refractivity contribution in [3.63, 3.8) is 0 Å². The van der Waals surface area contributed by atoms with E-state index in [0.717, 1.165) is 16.4 Å². The summed E-state index contributed by atoms with van der Waals surface area (Å²) in [7, 11) is 1.58. The SMILES string of the molecule is COc1ccc(C)cc1NC(=O)c1cccc(Nc2nccs2)c1. The number of methoxy groups -OCH3 is 1. The number of aryl methyl sites for hydroxylation is 1. The third-order valence-corrected chi connectivity index (χ3v) is 4.10. The maximum atomic E-state index is 12.5. The van der Waals surface area contributed by atoms with Gasteiger partial charge < -0.3 is 15.4 Å². The van der Waals surface area contributed by atoms with Crippen LogP contribution >= 0.6 is 11.3 Å². The van der Waals surface area contributed by atoms with Gasteiger partial charge in [-0.25, -0.2) is 4.98 Å². The maximum Gasteiger partial charge on any atom is 0.255 e. The highest BCUT2D eigenvalue weighted by Gasteiger charge is 2.11. The van der Waals surface area contributed by atoms with E-state index in [1.54, 1.807) is 25.4 Å². The molecule has 0 saturated carbocycles. The van der Waals surface area contributed by atoms with Crippen LogP contribution in [0.25, 0.3) is 0 Å². The van der Waals surface area contributed by atoms with Gasteiger partial charge in [-0.1, -0.05) is 12.1 Å². The lowest BCUT2D eigenvalue weighted by Crippen LogP contribution is -2.13. The molecule has 0 saturated heterocycles. The molecule has 122 valence electrons. The molecule has 24 heavy (non-hydrogen) atoms. The molecule has 3 rings (SSSR count). The lowest BCUT2D eigenvalue weighted by atomic mass is 10.1. The van der Waals surface area contributed by atoms with Gasteiger partial charge in [0.2, 0.25) is 0 Å². The molecule has 2 aromatic carbocycles. The van der Waals surface area contributed by atoms with Crippen LogP contribution in [0.5, 0.6) is 5.75 Å². The Morgan fingerprint density at radius 3 is 2.83 bits per heavy atom. The monoisotopic (exact) mass is 339 g/mol. The first-order chi connectivity index (χ1) is 11.7. The highest BCUT2D eigenvalue weighted by molar-refractivity contribution is 7.13. The molecule has 0 aliphatic heterocycles. The zero-order chi connectivity index (χ0) is 16.9. The molecule has 0 radical (unpaired) electrons. The number of carbonyl (C=O) groups excluding carboxylic acids is 1. The second-order valence-electron chi connectivity index (χ2n) is 5.20. The molecule has 0 aliphatic carbocycles. The third-order valence-electron chi connectivity index (χ3n) is 3.41. The van der Waals surface area contributed by atoms with E-state index in [4.69, 9.17) is 4.74 Å². The number of nitrogens with one attached hydrogen (secondary N) is 2. The zero-order valence-electron chi connectivity index (χ0n) is 13.4. The van der Waals surface area contributed by atoms with Crippen molar-refractivity contribution < 1.29 is 9.53 Å². The number of aromatic nitrogens is 1. The first-order valence-electron chi connectivity index (χ1n) is 7.38. The van der Waals surface area contributed by atoms with E-state index in [1.165, 1.54) is 11.3 Å². The molecule has 2 N–H and O–H groups in total. The fourth-order valence-corrected chi connectivity index (χ4v) is 2.81. The minimum absolute atomic E-state index is 0.193. The molecule has 1 heterocycles. The summed E-state index contributed by atoms with van der Waals surface area (Å²) < 4.78 is 5.30. The molecule has 0 fully saturated rings. The normalized spacial score (nSPS) is 10.2. The largest absolute Gasteiger partial charge is 0.495 e. The minimum atomic E-state index is -0.193. The van der Waals surface area contributed by atoms with Crippen molar-refractivity contribution in [1.82, 2.24) is 4.98 Å². The van der Waals surface area contributed by atoms with E-state index in [0.29, 0.717) is 17.0 Å². The smallest absolute Gasteiger partial charge is 0.255 e. The Morgan fingerprint density at radius 1 is 1.21 bits per heavy atom. The Bertz CT molecular complexity index is 847. The molecule has 6 heteroatoms. The summed E-state index contributed by atoms with van der Waals surface area (Å²) in [6.07, 6.45) is 1.73. The van der Waals surface area contributed by atoms with Gasteiger partial charge in [0, 0.05) is 22.8 Å². The van der Waals surface area contributed by atoms with Crippen molar-refractivity contribution in [2.24, 2.45) is 0 Å². The Hall–Kier alpha value is -2.86. The van der Waals surface area contributed by atoms with Crippen molar-refractivity contribution in [3.8, 4) is 5.75 Å². The summed E-state index contributed by atoms with van der Waals surface area (Å²) in [4.78, 5) is 16.7. The van der Waals surface area contributed by atoms with E-state index in [9.17, 15) is 4.79 Å². The van der Waals surface area contributed by atoms with Crippen LogP contribution in [0, 0.1) is 6.92 Å². The highest BCUT2D eigenvalue weighted by atomic mass is 32.1. The lowest BCUT2D eigenvalue weighted by molar-refractivity contribution is 0.102. The summed E-state index contributed by atoms with van der Waals surface area (Å²) in [5.74, 6) is 0.438. The van der Waals surface area contributed by atoms with Crippen LogP contribution in [0.1, 0.15) is 15.9 Å². The van der Waals surface area contributed by atoms with Gasteiger partial charge in [0.1, 0.15) is 5.75 Å². The number of benzene rings is 2. The second kappa shape index (κ2) is 7.14. The molecule has 5 nitrogen and oxygen atoms in total. The van der Waals surface area contributed by atoms with Crippen LogP contribution in [0.3, 0.4) is 0 Å². The van der Waals surface area contributed by atoms with E-state index >= 15 is 0 Å². The molecular formula is C18H17N3O2S. The van der Waals surface area contributed by atoms with Gasteiger partial charge in [0.05, 0.1) is 12.8 Å². The summed E-state index contributed by atoms with van der Waals surface area (Å²) in [5, 5.41) is 8.75. The number of rotatable bonds is 5. The molecule has 0 spiro atoms. The number of anilines is 3. The number of hydrogen-bond acceptors (Lipinski definition) is 5. The number of amides is 1. The number of thiazole rings is 1. The van der Waals surface area contributed by atoms with Crippen molar-refractivity contribution in [2.75, 3.05) is 17.7 Å². The molecule has 1 amide bonds. The summed E-state index contributed by atoms with van der Waals surface area (Å²) in [6.45, 7) is 1.97. The van der Waals surface area contributed by atoms with Gasteiger partial charge in [-0.15, -0.1) is 11.3 Å². The van der Waals surface area contributed by atoms with Gasteiger partial charge in [-0.2, -0.15) is 0 Å². The standard InChI is InChI=1S/C18H17N3O2S/c1-12-6-7-16(23-2)15(10-12)21-17(22)13-4-3-5-14(11-13)20-18-19-8-9-24-18/h3-11H,1-2H3,(H,19,20)(H,21,22). The van der Waals surface area contributed by atoms with Crippen molar-refractivity contribution in [3.05, 3.63) is 65.2 Å². The van der Waals surface area contributed by atoms with E-state index in [1.807, 2.05) is 42.6 Å². The Labute approximate surface area is 144 Å². The lowest BCUT2D eigenvalue weighted by Gasteiger charge is -2.11. The molecule has 3 aromatic rings. The van der Waals surface area contributed by atoms with Crippen LogP contribution < -0.4 is 15.4 Å². The molecule has 0 atom stereocenters. The molecule has 0 unspecified atom stereocenters. The van der Waals surface area contributed by atoms with Crippen LogP contribution in [0.2, 0.25) is 0 Å². The maximum absolute atomic E-state index is 12.5. The molecular weight excluding hydrogens is 322 g/mol. The van der Waals surface area contributed by atoms with Gasteiger partial charge in [0.15, 0.2) is 5.13 Å². The average Bonchev–Trinajstić information content (AvgIpc) is 3.08. The van der Waals surface area contributed by atoms with Crippen molar-refractivity contribution >= 4 is 33.8 Å². The number of ether oxygens (including phenoxy) is 1. The Morgan fingerprint density at radius 2 is 2.08 bits per heavy atom.